The van der Waals surface area contributed by atoms with Crippen molar-refractivity contribution in [1.82, 2.24) is 4.31 Å². The lowest BCUT2D eigenvalue weighted by Crippen LogP contribution is -2.33. The van der Waals surface area contributed by atoms with Gasteiger partial charge in [-0.05, 0) is 50.5 Å². The molecule has 1 heterocycles. The summed E-state index contributed by atoms with van der Waals surface area (Å²) in [5.74, 6) is -1.05. The number of carbonyl (C=O) groups is 2. The number of esters is 1. The minimum atomic E-state index is -3.62. The van der Waals surface area contributed by atoms with Crippen LogP contribution < -0.4 is 5.32 Å². The Balaban J connectivity index is 1.61. The zero-order chi connectivity index (χ0) is 23.2. The third kappa shape index (κ3) is 5.75. The van der Waals surface area contributed by atoms with Gasteiger partial charge in [-0.15, -0.1) is 0 Å². The van der Waals surface area contributed by atoms with Crippen molar-refractivity contribution in [3.8, 4) is 0 Å². The Labute approximate surface area is 189 Å². The molecule has 1 aliphatic rings. The van der Waals surface area contributed by atoms with Crippen molar-refractivity contribution in [1.29, 1.82) is 0 Å². The molecular formula is C24H30N2O5S. The van der Waals surface area contributed by atoms with E-state index in [0.717, 1.165) is 31.2 Å². The van der Waals surface area contributed by atoms with Crippen LogP contribution in [0.25, 0.3) is 0 Å². The molecule has 0 spiro atoms. The van der Waals surface area contributed by atoms with Gasteiger partial charge in [0.2, 0.25) is 10.0 Å². The van der Waals surface area contributed by atoms with Gasteiger partial charge in [-0.25, -0.2) is 8.42 Å². The van der Waals surface area contributed by atoms with E-state index in [2.05, 4.69) is 5.32 Å². The molecule has 172 valence electrons. The first-order valence-corrected chi connectivity index (χ1v) is 12.3. The Bertz CT molecular complexity index is 1040. The Hall–Kier alpha value is -2.71. The predicted octanol–water partition coefficient (Wildman–Crippen LogP) is 3.71. The number of ether oxygens (including phenoxy) is 1. The first kappa shape index (κ1) is 23.9. The lowest BCUT2D eigenvalue weighted by atomic mass is 9.85. The van der Waals surface area contributed by atoms with Gasteiger partial charge >= 0.3 is 5.97 Å². The second-order valence-corrected chi connectivity index (χ2v) is 10.4. The van der Waals surface area contributed by atoms with Crippen molar-refractivity contribution in [3.63, 3.8) is 0 Å². The van der Waals surface area contributed by atoms with Crippen LogP contribution >= 0.6 is 0 Å². The van der Waals surface area contributed by atoms with Crippen molar-refractivity contribution >= 4 is 27.6 Å². The maximum atomic E-state index is 13.0. The number of anilines is 1. The van der Waals surface area contributed by atoms with E-state index in [4.69, 9.17) is 4.74 Å². The molecule has 0 aromatic heterocycles. The van der Waals surface area contributed by atoms with Gasteiger partial charge in [0.25, 0.3) is 5.91 Å². The number of hydrogen-bond donors (Lipinski definition) is 1. The molecule has 3 rings (SSSR count). The smallest absolute Gasteiger partial charge is 0.316 e. The van der Waals surface area contributed by atoms with Crippen LogP contribution in [0.1, 0.15) is 45.1 Å². The highest BCUT2D eigenvalue weighted by atomic mass is 32.2. The molecule has 7 nitrogen and oxygen atoms in total. The maximum absolute atomic E-state index is 13.0. The fourth-order valence-corrected chi connectivity index (χ4v) is 5.21. The average molecular weight is 459 g/mol. The molecule has 8 heteroatoms. The lowest BCUT2D eigenvalue weighted by Gasteiger charge is -2.23. The van der Waals surface area contributed by atoms with Gasteiger partial charge in [-0.3, -0.25) is 9.59 Å². The summed E-state index contributed by atoms with van der Waals surface area (Å²) in [4.78, 5) is 25.0. The van der Waals surface area contributed by atoms with E-state index < -0.39 is 33.9 Å². The zero-order valence-electron chi connectivity index (χ0n) is 18.5. The molecule has 1 N–H and O–H groups in total. The summed E-state index contributed by atoms with van der Waals surface area (Å²) < 4.78 is 32.7. The first-order chi connectivity index (χ1) is 15.2. The topological polar surface area (TPSA) is 92.8 Å². The third-order valence-corrected chi connectivity index (χ3v) is 7.56. The molecule has 2 aromatic carbocycles. The Kier molecular flexibility index (Phi) is 7.69. The number of nitrogens with one attached hydrogen (secondary N) is 1. The maximum Gasteiger partial charge on any atom is 0.316 e. The molecule has 0 saturated carbocycles. The molecule has 0 atom stereocenters. The van der Waals surface area contributed by atoms with E-state index in [1.165, 1.54) is 16.4 Å². The van der Waals surface area contributed by atoms with Gasteiger partial charge in [-0.1, -0.05) is 49.2 Å². The van der Waals surface area contributed by atoms with E-state index in [0.29, 0.717) is 18.8 Å². The number of amides is 1. The fourth-order valence-electron chi connectivity index (χ4n) is 3.65. The summed E-state index contributed by atoms with van der Waals surface area (Å²) >= 11 is 0. The van der Waals surface area contributed by atoms with Gasteiger partial charge in [0.15, 0.2) is 6.61 Å². The fraction of sp³-hybridized carbons (Fsp3) is 0.417. The van der Waals surface area contributed by atoms with E-state index >= 15 is 0 Å². The van der Waals surface area contributed by atoms with Crippen molar-refractivity contribution < 1.29 is 22.7 Å². The number of sulfonamides is 1. The van der Waals surface area contributed by atoms with Crippen LogP contribution in [0.4, 0.5) is 5.69 Å². The van der Waals surface area contributed by atoms with E-state index in [-0.39, 0.29) is 4.90 Å². The Morgan fingerprint density at radius 2 is 1.62 bits per heavy atom. The van der Waals surface area contributed by atoms with E-state index in [1.807, 2.05) is 30.3 Å². The van der Waals surface area contributed by atoms with Crippen molar-refractivity contribution in [2.45, 2.75) is 49.8 Å². The van der Waals surface area contributed by atoms with E-state index in [1.54, 1.807) is 26.0 Å². The molecule has 0 bridgehead atoms. The van der Waals surface area contributed by atoms with Crippen LogP contribution in [0.3, 0.4) is 0 Å². The number of hydrogen-bond acceptors (Lipinski definition) is 5. The standard InChI is InChI=1S/C24H30N2O5S/c1-24(2,19-11-6-5-7-12-19)23(28)31-18-22(27)25-20-13-10-14-21(17-20)32(29,30)26-15-8-3-4-9-16-26/h5-7,10-14,17H,3-4,8-9,15-16,18H2,1-2H3,(H,25,27). The van der Waals surface area contributed by atoms with Gasteiger partial charge < -0.3 is 10.1 Å². The summed E-state index contributed by atoms with van der Waals surface area (Å²) in [5.41, 5.74) is 0.226. The summed E-state index contributed by atoms with van der Waals surface area (Å²) in [6, 6.07) is 15.4. The minimum Gasteiger partial charge on any atom is -0.455 e. The van der Waals surface area contributed by atoms with Crippen LogP contribution in [0, 0.1) is 0 Å². The molecule has 2 aromatic rings. The number of rotatable bonds is 7. The van der Waals surface area contributed by atoms with Gasteiger partial charge in [0, 0.05) is 18.8 Å². The predicted molar refractivity (Wildman–Crippen MR) is 123 cm³/mol. The first-order valence-electron chi connectivity index (χ1n) is 10.8. The van der Waals surface area contributed by atoms with E-state index in [9.17, 15) is 18.0 Å². The molecule has 0 aliphatic carbocycles. The number of carbonyl (C=O) groups excluding carboxylic acids is 2. The van der Waals surface area contributed by atoms with Crippen molar-refractivity contribution in [2.24, 2.45) is 0 Å². The van der Waals surface area contributed by atoms with Crippen LogP contribution in [-0.4, -0.2) is 44.3 Å². The number of nitrogens with zero attached hydrogens (tertiary/aromatic N) is 1. The highest BCUT2D eigenvalue weighted by Crippen LogP contribution is 2.25. The molecule has 1 saturated heterocycles. The molecular weight excluding hydrogens is 428 g/mol. The lowest BCUT2D eigenvalue weighted by molar-refractivity contribution is -0.152. The highest BCUT2D eigenvalue weighted by molar-refractivity contribution is 7.89. The second kappa shape index (κ2) is 10.3. The summed E-state index contributed by atoms with van der Waals surface area (Å²) in [6.45, 7) is 4.02. The average Bonchev–Trinajstić information content (AvgIpc) is 3.08. The summed E-state index contributed by atoms with van der Waals surface area (Å²) in [7, 11) is -3.62. The molecule has 1 aliphatic heterocycles. The largest absolute Gasteiger partial charge is 0.455 e. The summed E-state index contributed by atoms with van der Waals surface area (Å²) in [5, 5.41) is 2.62. The Morgan fingerprint density at radius 3 is 2.28 bits per heavy atom. The van der Waals surface area contributed by atoms with Crippen LogP contribution in [-0.2, 0) is 29.8 Å². The van der Waals surface area contributed by atoms with Crippen molar-refractivity contribution in [2.75, 3.05) is 25.0 Å². The Morgan fingerprint density at radius 1 is 0.969 bits per heavy atom. The SMILES string of the molecule is CC(C)(C(=O)OCC(=O)Nc1cccc(S(=O)(=O)N2CCCCCC2)c1)c1ccccc1. The third-order valence-electron chi connectivity index (χ3n) is 5.66. The minimum absolute atomic E-state index is 0.138. The molecule has 0 radical (unpaired) electrons. The summed E-state index contributed by atoms with van der Waals surface area (Å²) in [6.07, 6.45) is 3.75. The normalized spacial score (nSPS) is 15.6. The van der Waals surface area contributed by atoms with Gasteiger partial charge in [0.05, 0.1) is 10.3 Å². The van der Waals surface area contributed by atoms with Gasteiger partial charge in [0.1, 0.15) is 0 Å². The highest BCUT2D eigenvalue weighted by Gasteiger charge is 2.32. The molecule has 1 amide bonds. The van der Waals surface area contributed by atoms with Crippen molar-refractivity contribution in [3.05, 3.63) is 60.2 Å². The molecule has 32 heavy (non-hydrogen) atoms. The second-order valence-electron chi connectivity index (χ2n) is 8.46. The quantitative estimate of drug-likeness (QED) is 0.639. The monoisotopic (exact) mass is 458 g/mol. The zero-order valence-corrected chi connectivity index (χ0v) is 19.4. The molecule has 0 unspecified atom stereocenters. The van der Waals surface area contributed by atoms with Gasteiger partial charge in [-0.2, -0.15) is 4.31 Å². The van der Waals surface area contributed by atoms with Crippen LogP contribution in [0.5, 0.6) is 0 Å². The molecule has 1 fully saturated rings. The number of benzene rings is 2. The van der Waals surface area contributed by atoms with Crippen LogP contribution in [0.2, 0.25) is 0 Å². The van der Waals surface area contributed by atoms with Crippen LogP contribution in [0.15, 0.2) is 59.5 Å².